The molecule has 1 spiro atoms. The molecule has 0 bridgehead atoms. The van der Waals surface area contributed by atoms with Crippen LogP contribution in [-0.2, 0) is 11.2 Å². The summed E-state index contributed by atoms with van der Waals surface area (Å²) in [5.41, 5.74) is 2.99. The van der Waals surface area contributed by atoms with Crippen LogP contribution in [0.5, 0.6) is 5.75 Å². The molecule has 24 heavy (non-hydrogen) atoms. The minimum Gasteiger partial charge on any atom is -0.478 e. The van der Waals surface area contributed by atoms with Crippen LogP contribution in [0.2, 0.25) is 0 Å². The second-order valence-electron chi connectivity index (χ2n) is 6.98. The third-order valence-electron chi connectivity index (χ3n) is 5.30. The van der Waals surface area contributed by atoms with Gasteiger partial charge in [0.2, 0.25) is 5.78 Å². The first-order valence-electron chi connectivity index (χ1n) is 8.43. The van der Waals surface area contributed by atoms with Gasteiger partial charge in [0.15, 0.2) is 5.60 Å². The Morgan fingerprint density at radius 1 is 1.25 bits per heavy atom. The molecule has 2 atom stereocenters. The molecule has 2 aromatic rings. The van der Waals surface area contributed by atoms with Crippen LogP contribution >= 0.6 is 0 Å². The van der Waals surface area contributed by atoms with Crippen LogP contribution in [0.15, 0.2) is 42.5 Å². The van der Waals surface area contributed by atoms with Gasteiger partial charge in [0.25, 0.3) is 0 Å². The maximum Gasteiger partial charge on any atom is 0.207 e. The number of carbonyl (C=O) groups is 2. The monoisotopic (exact) mass is 320 g/mol. The molecule has 0 radical (unpaired) electrons. The lowest BCUT2D eigenvalue weighted by molar-refractivity contribution is -0.118. The molecule has 0 N–H and O–H groups in total. The zero-order chi connectivity index (χ0) is 16.9. The Morgan fingerprint density at radius 3 is 2.83 bits per heavy atom. The summed E-state index contributed by atoms with van der Waals surface area (Å²) in [6.45, 7) is 3.61. The van der Waals surface area contributed by atoms with Gasteiger partial charge < -0.3 is 9.53 Å². The van der Waals surface area contributed by atoms with E-state index in [0.29, 0.717) is 12.8 Å². The number of hydrogen-bond donors (Lipinski definition) is 0. The molecular formula is C21H20O3. The lowest BCUT2D eigenvalue weighted by Gasteiger charge is -2.37. The number of carbonyl (C=O) groups excluding carboxylic acids is 2. The predicted octanol–water partition coefficient (Wildman–Crippen LogP) is 4.02. The molecule has 0 saturated heterocycles. The van der Waals surface area contributed by atoms with E-state index >= 15 is 0 Å². The summed E-state index contributed by atoms with van der Waals surface area (Å²) in [6.07, 6.45) is 1.75. The summed E-state index contributed by atoms with van der Waals surface area (Å²) in [5.74, 6) is 0.652. The van der Waals surface area contributed by atoms with Crippen molar-refractivity contribution in [3.63, 3.8) is 0 Å². The van der Waals surface area contributed by atoms with E-state index < -0.39 is 5.60 Å². The Morgan fingerprint density at radius 2 is 2.04 bits per heavy atom. The Bertz CT molecular complexity index is 852. The molecule has 0 fully saturated rings. The number of hydrogen-bond acceptors (Lipinski definition) is 3. The number of rotatable bonds is 2. The topological polar surface area (TPSA) is 43.4 Å². The van der Waals surface area contributed by atoms with E-state index in [0.717, 1.165) is 34.4 Å². The maximum atomic E-state index is 13.3. The molecule has 3 nitrogen and oxygen atoms in total. The lowest BCUT2D eigenvalue weighted by atomic mass is 9.69. The summed E-state index contributed by atoms with van der Waals surface area (Å²) in [5, 5.41) is 0. The Balaban J connectivity index is 1.85. The van der Waals surface area contributed by atoms with Gasteiger partial charge in [-0.1, -0.05) is 42.0 Å². The van der Waals surface area contributed by atoms with Crippen LogP contribution in [0.3, 0.4) is 0 Å². The largest absolute Gasteiger partial charge is 0.478 e. The number of ketones is 2. The van der Waals surface area contributed by atoms with Crippen LogP contribution in [-0.4, -0.2) is 17.2 Å². The SMILES string of the molecule is CC(=O)CC1c2cc(C)ccc2OC12CCc1ccccc1C2=O. The van der Waals surface area contributed by atoms with Gasteiger partial charge >= 0.3 is 0 Å². The molecule has 0 aromatic heterocycles. The highest BCUT2D eigenvalue weighted by Crippen LogP contribution is 2.52. The van der Waals surface area contributed by atoms with Crippen molar-refractivity contribution in [1.29, 1.82) is 0 Å². The van der Waals surface area contributed by atoms with Gasteiger partial charge in [0, 0.05) is 23.5 Å². The highest BCUT2D eigenvalue weighted by atomic mass is 16.5. The van der Waals surface area contributed by atoms with E-state index in [-0.39, 0.29) is 17.5 Å². The Hall–Kier alpha value is -2.42. The van der Waals surface area contributed by atoms with E-state index in [4.69, 9.17) is 4.74 Å². The fourth-order valence-electron chi connectivity index (χ4n) is 4.17. The van der Waals surface area contributed by atoms with Gasteiger partial charge in [-0.3, -0.25) is 4.79 Å². The van der Waals surface area contributed by atoms with E-state index in [1.807, 2.05) is 43.3 Å². The van der Waals surface area contributed by atoms with E-state index in [1.165, 1.54) is 0 Å². The van der Waals surface area contributed by atoms with Crippen molar-refractivity contribution in [3.05, 3.63) is 64.7 Å². The highest BCUT2D eigenvalue weighted by Gasteiger charge is 2.55. The van der Waals surface area contributed by atoms with Gasteiger partial charge in [0.1, 0.15) is 11.5 Å². The smallest absolute Gasteiger partial charge is 0.207 e. The Labute approximate surface area is 141 Å². The van der Waals surface area contributed by atoms with Crippen LogP contribution in [0, 0.1) is 6.92 Å². The summed E-state index contributed by atoms with van der Waals surface area (Å²) >= 11 is 0. The molecule has 4 rings (SSSR count). The molecule has 1 heterocycles. The summed E-state index contributed by atoms with van der Waals surface area (Å²) < 4.78 is 6.27. The third kappa shape index (κ3) is 2.11. The normalized spacial score (nSPS) is 24.4. The van der Waals surface area contributed by atoms with Crippen molar-refractivity contribution in [3.8, 4) is 5.75 Å². The van der Waals surface area contributed by atoms with E-state index in [2.05, 4.69) is 6.07 Å². The van der Waals surface area contributed by atoms with Crippen LogP contribution in [0.4, 0.5) is 0 Å². The molecule has 2 aliphatic rings. The minimum atomic E-state index is -0.934. The molecule has 1 aliphatic heterocycles. The number of benzene rings is 2. The van der Waals surface area contributed by atoms with Crippen molar-refractivity contribution in [2.75, 3.05) is 0 Å². The summed E-state index contributed by atoms with van der Waals surface area (Å²) in [7, 11) is 0. The van der Waals surface area contributed by atoms with Crippen LogP contribution in [0.1, 0.15) is 52.7 Å². The van der Waals surface area contributed by atoms with Crippen molar-refractivity contribution < 1.29 is 14.3 Å². The van der Waals surface area contributed by atoms with Crippen molar-refractivity contribution in [2.24, 2.45) is 0 Å². The molecule has 3 heteroatoms. The van der Waals surface area contributed by atoms with Crippen molar-refractivity contribution in [2.45, 2.75) is 44.6 Å². The number of ether oxygens (including phenoxy) is 1. The number of fused-ring (bicyclic) bond motifs is 2. The number of Topliss-reactive ketones (excluding diaryl/α,β-unsaturated/α-hetero) is 2. The second-order valence-corrected chi connectivity index (χ2v) is 6.98. The summed E-state index contributed by atoms with van der Waals surface area (Å²) in [6, 6.07) is 13.7. The maximum absolute atomic E-state index is 13.3. The molecule has 0 amide bonds. The van der Waals surface area contributed by atoms with Crippen LogP contribution < -0.4 is 4.74 Å². The summed E-state index contributed by atoms with van der Waals surface area (Å²) in [4.78, 5) is 25.3. The van der Waals surface area contributed by atoms with Gasteiger partial charge in [-0.2, -0.15) is 0 Å². The molecule has 122 valence electrons. The fourth-order valence-corrected chi connectivity index (χ4v) is 4.17. The fraction of sp³-hybridized carbons (Fsp3) is 0.333. The molecule has 0 saturated carbocycles. The average Bonchev–Trinajstić information content (AvgIpc) is 2.85. The zero-order valence-corrected chi connectivity index (χ0v) is 14.0. The van der Waals surface area contributed by atoms with Crippen molar-refractivity contribution in [1.82, 2.24) is 0 Å². The standard InChI is InChI=1S/C21H20O3/c1-13-7-8-19-17(11-13)18(12-14(2)22)21(24-19)10-9-15-5-3-4-6-16(15)20(21)23/h3-8,11,18H,9-10,12H2,1-2H3. The minimum absolute atomic E-state index is 0.0180. The van der Waals surface area contributed by atoms with Crippen molar-refractivity contribution >= 4 is 11.6 Å². The first-order chi connectivity index (χ1) is 11.5. The van der Waals surface area contributed by atoms with Gasteiger partial charge in [-0.25, -0.2) is 0 Å². The highest BCUT2D eigenvalue weighted by molar-refractivity contribution is 6.06. The predicted molar refractivity (Wildman–Crippen MR) is 91.7 cm³/mol. The van der Waals surface area contributed by atoms with Gasteiger partial charge in [-0.15, -0.1) is 0 Å². The first-order valence-corrected chi connectivity index (χ1v) is 8.43. The number of aryl methyl sites for hydroxylation is 2. The Kier molecular flexibility index (Phi) is 3.34. The van der Waals surface area contributed by atoms with Gasteiger partial charge in [-0.05, 0) is 38.3 Å². The second kappa shape index (κ2) is 5.30. The average molecular weight is 320 g/mol. The van der Waals surface area contributed by atoms with Gasteiger partial charge in [0.05, 0.1) is 0 Å². The lowest BCUT2D eigenvalue weighted by Crippen LogP contribution is -2.49. The molecule has 2 unspecified atom stereocenters. The molecule has 2 aromatic carbocycles. The third-order valence-corrected chi connectivity index (χ3v) is 5.30. The molecular weight excluding hydrogens is 300 g/mol. The van der Waals surface area contributed by atoms with Crippen LogP contribution in [0.25, 0.3) is 0 Å². The molecule has 1 aliphatic carbocycles. The zero-order valence-electron chi connectivity index (χ0n) is 14.0. The quantitative estimate of drug-likeness (QED) is 0.839. The first kappa shape index (κ1) is 15.1. The van der Waals surface area contributed by atoms with E-state index in [9.17, 15) is 9.59 Å². The van der Waals surface area contributed by atoms with E-state index in [1.54, 1.807) is 6.92 Å².